The maximum absolute atomic E-state index is 6.15. The van der Waals surface area contributed by atoms with Gasteiger partial charge in [-0.25, -0.2) is 0 Å². The molecule has 1 aromatic carbocycles. The Morgan fingerprint density at radius 1 is 1.00 bits per heavy atom. The highest BCUT2D eigenvalue weighted by Crippen LogP contribution is 2.36. The van der Waals surface area contributed by atoms with Gasteiger partial charge in [-0.05, 0) is 57.5 Å². The molecule has 1 saturated heterocycles. The Kier molecular flexibility index (Phi) is 4.71. The quantitative estimate of drug-likeness (QED) is 0.761. The van der Waals surface area contributed by atoms with Crippen LogP contribution in [0.3, 0.4) is 0 Å². The lowest BCUT2D eigenvalue weighted by molar-refractivity contribution is 0.00578. The molecule has 1 aliphatic carbocycles. The molecule has 124 valence electrons. The first-order chi connectivity index (χ1) is 10.9. The molecule has 1 saturated carbocycles. The second-order valence-electron chi connectivity index (χ2n) is 8.02. The first kappa shape index (κ1) is 16.8. The molecule has 0 atom stereocenters. The van der Waals surface area contributed by atoms with Crippen molar-refractivity contribution in [3.8, 4) is 0 Å². The smallest absolute Gasteiger partial charge is 0.399 e. The van der Waals surface area contributed by atoms with Crippen LogP contribution >= 0.6 is 0 Å². The molecule has 1 aromatic rings. The molecule has 0 amide bonds. The van der Waals surface area contributed by atoms with Crippen molar-refractivity contribution >= 4 is 18.7 Å². The monoisotopic (exact) mass is 312 g/mol. The van der Waals surface area contributed by atoms with Crippen molar-refractivity contribution in [1.29, 1.82) is 0 Å². The molecule has 0 aromatic heterocycles. The summed E-state index contributed by atoms with van der Waals surface area (Å²) in [6, 6.07) is 8.55. The van der Waals surface area contributed by atoms with Crippen molar-refractivity contribution in [1.82, 2.24) is 0 Å². The Labute approximate surface area is 141 Å². The lowest BCUT2D eigenvalue weighted by Crippen LogP contribution is -2.41. The van der Waals surface area contributed by atoms with E-state index in [9.17, 15) is 0 Å². The highest BCUT2D eigenvalue weighted by Gasteiger charge is 2.51. The zero-order chi connectivity index (χ0) is 16.5. The van der Waals surface area contributed by atoms with E-state index in [4.69, 9.17) is 9.31 Å². The predicted molar refractivity (Wildman–Crippen MR) is 97.8 cm³/mol. The molecule has 2 aliphatic rings. The van der Waals surface area contributed by atoms with Crippen LogP contribution in [0.1, 0.15) is 65.4 Å². The van der Waals surface area contributed by atoms with E-state index < -0.39 is 0 Å². The Hall–Kier alpha value is -1.06. The van der Waals surface area contributed by atoms with Crippen LogP contribution in [0.2, 0.25) is 0 Å². The molecule has 0 spiro atoms. The maximum Gasteiger partial charge on any atom is 0.494 e. The number of rotatable bonds is 3. The average Bonchev–Trinajstić information content (AvgIpc) is 2.75. The van der Waals surface area contributed by atoms with E-state index in [-0.39, 0.29) is 18.3 Å². The predicted octanol–water partition coefficient (Wildman–Crippen LogP) is 4.58. The van der Waals surface area contributed by atoms with Gasteiger partial charge in [-0.15, -0.1) is 0 Å². The SMILES string of the molecule is CC1(C)OB(c2cccc(C=CC3CCCCC3)c2)OC1(C)C. The minimum atomic E-state index is -0.286. The average molecular weight is 312 g/mol. The summed E-state index contributed by atoms with van der Waals surface area (Å²) in [5, 5.41) is 0. The molecule has 3 rings (SSSR count). The standard InChI is InChI=1S/C20H29BO2/c1-19(2)20(3,4)23-21(22-19)18-12-8-11-17(15-18)14-13-16-9-6-5-7-10-16/h8,11-16H,5-7,9-10H2,1-4H3. The van der Waals surface area contributed by atoms with Crippen molar-refractivity contribution < 1.29 is 9.31 Å². The molecule has 2 fully saturated rings. The lowest BCUT2D eigenvalue weighted by Gasteiger charge is -2.32. The van der Waals surface area contributed by atoms with E-state index in [1.807, 2.05) is 0 Å². The summed E-state index contributed by atoms with van der Waals surface area (Å²) in [4.78, 5) is 0. The fraction of sp³-hybridized carbons (Fsp3) is 0.600. The van der Waals surface area contributed by atoms with Crippen LogP contribution in [-0.2, 0) is 9.31 Å². The van der Waals surface area contributed by atoms with E-state index in [0.29, 0.717) is 0 Å². The van der Waals surface area contributed by atoms with Crippen molar-refractivity contribution in [3.63, 3.8) is 0 Å². The summed E-state index contributed by atoms with van der Waals surface area (Å²) in [6.07, 6.45) is 11.5. The van der Waals surface area contributed by atoms with E-state index >= 15 is 0 Å². The van der Waals surface area contributed by atoms with Gasteiger partial charge in [0.2, 0.25) is 0 Å². The molecule has 1 heterocycles. The van der Waals surface area contributed by atoms with Crippen molar-refractivity contribution in [2.24, 2.45) is 5.92 Å². The van der Waals surface area contributed by atoms with Gasteiger partial charge in [0.25, 0.3) is 0 Å². The van der Waals surface area contributed by atoms with Gasteiger partial charge in [0.15, 0.2) is 0 Å². The Morgan fingerprint density at radius 2 is 1.65 bits per heavy atom. The molecule has 3 heteroatoms. The van der Waals surface area contributed by atoms with Gasteiger partial charge in [0.1, 0.15) is 0 Å². The van der Waals surface area contributed by atoms with Gasteiger partial charge in [-0.2, -0.15) is 0 Å². The minimum absolute atomic E-state index is 0.275. The summed E-state index contributed by atoms with van der Waals surface area (Å²) in [5.74, 6) is 0.754. The van der Waals surface area contributed by atoms with E-state index in [1.165, 1.54) is 37.7 Å². The topological polar surface area (TPSA) is 18.5 Å². The molecular weight excluding hydrogens is 283 g/mol. The number of hydrogen-bond donors (Lipinski definition) is 0. The highest BCUT2D eigenvalue weighted by molar-refractivity contribution is 6.62. The summed E-state index contributed by atoms with van der Waals surface area (Å²) < 4.78 is 12.3. The van der Waals surface area contributed by atoms with Gasteiger partial charge in [0.05, 0.1) is 11.2 Å². The van der Waals surface area contributed by atoms with Gasteiger partial charge < -0.3 is 9.31 Å². The Balaban J connectivity index is 1.72. The molecule has 0 N–H and O–H groups in total. The van der Waals surface area contributed by atoms with Crippen molar-refractivity contribution in [2.75, 3.05) is 0 Å². The van der Waals surface area contributed by atoms with Gasteiger partial charge >= 0.3 is 7.12 Å². The zero-order valence-corrected chi connectivity index (χ0v) is 15.0. The normalized spacial score (nSPS) is 24.4. The molecule has 2 nitrogen and oxygen atoms in total. The highest BCUT2D eigenvalue weighted by atomic mass is 16.7. The maximum atomic E-state index is 6.15. The number of hydrogen-bond acceptors (Lipinski definition) is 2. The van der Waals surface area contributed by atoms with Crippen LogP contribution in [0, 0.1) is 5.92 Å². The number of allylic oxidation sites excluding steroid dienone is 1. The fourth-order valence-electron chi connectivity index (χ4n) is 3.36. The lowest BCUT2D eigenvalue weighted by atomic mass is 9.78. The van der Waals surface area contributed by atoms with Gasteiger partial charge in [0, 0.05) is 0 Å². The van der Waals surface area contributed by atoms with E-state index in [1.54, 1.807) is 0 Å². The second-order valence-corrected chi connectivity index (χ2v) is 8.02. The molecule has 1 aliphatic heterocycles. The van der Waals surface area contributed by atoms with Gasteiger partial charge in [-0.3, -0.25) is 0 Å². The van der Waals surface area contributed by atoms with Crippen LogP contribution in [0.15, 0.2) is 30.3 Å². The third-order valence-electron chi connectivity index (χ3n) is 5.65. The second kappa shape index (κ2) is 6.45. The van der Waals surface area contributed by atoms with Crippen LogP contribution < -0.4 is 5.46 Å². The fourth-order valence-corrected chi connectivity index (χ4v) is 3.36. The molecule has 0 radical (unpaired) electrons. The Bertz CT molecular complexity index is 555. The van der Waals surface area contributed by atoms with Crippen LogP contribution in [0.5, 0.6) is 0 Å². The summed E-state index contributed by atoms with van der Waals surface area (Å²) in [7, 11) is -0.275. The molecular formula is C20H29BO2. The third kappa shape index (κ3) is 3.72. The summed E-state index contributed by atoms with van der Waals surface area (Å²) in [5.41, 5.74) is 1.77. The van der Waals surface area contributed by atoms with Crippen LogP contribution in [0.25, 0.3) is 6.08 Å². The summed E-state index contributed by atoms with van der Waals surface area (Å²) in [6.45, 7) is 8.39. The molecule has 0 unspecified atom stereocenters. The van der Waals surface area contributed by atoms with Crippen LogP contribution in [0.4, 0.5) is 0 Å². The first-order valence-electron chi connectivity index (χ1n) is 9.01. The molecule has 0 bridgehead atoms. The van der Waals surface area contributed by atoms with Gasteiger partial charge in [-0.1, -0.05) is 55.7 Å². The van der Waals surface area contributed by atoms with Crippen molar-refractivity contribution in [2.45, 2.75) is 71.0 Å². The van der Waals surface area contributed by atoms with E-state index in [2.05, 4.69) is 64.1 Å². The zero-order valence-electron chi connectivity index (χ0n) is 15.0. The first-order valence-corrected chi connectivity index (χ1v) is 9.01. The largest absolute Gasteiger partial charge is 0.494 e. The molecule has 23 heavy (non-hydrogen) atoms. The third-order valence-corrected chi connectivity index (χ3v) is 5.65. The van der Waals surface area contributed by atoms with E-state index in [0.717, 1.165) is 11.4 Å². The number of benzene rings is 1. The Morgan fingerprint density at radius 3 is 2.30 bits per heavy atom. The van der Waals surface area contributed by atoms with Crippen molar-refractivity contribution in [3.05, 3.63) is 35.9 Å². The van der Waals surface area contributed by atoms with Crippen LogP contribution in [-0.4, -0.2) is 18.3 Å². The minimum Gasteiger partial charge on any atom is -0.399 e. The summed E-state index contributed by atoms with van der Waals surface area (Å²) >= 11 is 0.